The molecule has 0 spiro atoms. The van der Waals surface area contributed by atoms with Gasteiger partial charge in [-0.25, -0.2) is 0 Å². The molecule has 0 atom stereocenters. The van der Waals surface area contributed by atoms with Crippen LogP contribution in [0.3, 0.4) is 0 Å². The molecule has 1 aromatic heterocycles. The summed E-state index contributed by atoms with van der Waals surface area (Å²) in [7, 11) is 1.65. The van der Waals surface area contributed by atoms with Crippen LogP contribution in [0.1, 0.15) is 68.1 Å². The first-order chi connectivity index (χ1) is 12.7. The number of nitrogens with zero attached hydrogens (tertiary/aromatic N) is 2. The molecule has 6 nitrogen and oxygen atoms in total. The molecule has 3 rings (SSSR count). The van der Waals surface area contributed by atoms with E-state index in [4.69, 9.17) is 9.26 Å². The number of methoxy groups -OCH3 is 1. The van der Waals surface area contributed by atoms with Crippen LogP contribution in [0.25, 0.3) is 0 Å². The summed E-state index contributed by atoms with van der Waals surface area (Å²) in [5.41, 5.74) is 1.20. The van der Waals surface area contributed by atoms with Gasteiger partial charge in [-0.3, -0.25) is 4.79 Å². The van der Waals surface area contributed by atoms with Crippen LogP contribution in [0, 0.1) is 0 Å². The second-order valence-corrected chi connectivity index (χ2v) is 6.86. The number of carbonyl (C=O) groups excluding carboxylic acids is 1. The fourth-order valence-corrected chi connectivity index (χ4v) is 3.37. The molecule has 1 amide bonds. The van der Waals surface area contributed by atoms with Gasteiger partial charge in [0.2, 0.25) is 11.8 Å². The number of hydrogen-bond acceptors (Lipinski definition) is 5. The Morgan fingerprint density at radius 1 is 1.23 bits per heavy atom. The quantitative estimate of drug-likeness (QED) is 0.778. The lowest BCUT2D eigenvalue weighted by Crippen LogP contribution is -2.22. The Balaban J connectivity index is 1.36. The summed E-state index contributed by atoms with van der Waals surface area (Å²) in [4.78, 5) is 16.4. The van der Waals surface area contributed by atoms with Crippen LogP contribution in [0.15, 0.2) is 28.8 Å². The Morgan fingerprint density at radius 2 is 2.00 bits per heavy atom. The molecule has 1 aliphatic rings. The number of benzene rings is 1. The van der Waals surface area contributed by atoms with E-state index in [-0.39, 0.29) is 5.91 Å². The maximum atomic E-state index is 12.0. The van der Waals surface area contributed by atoms with Crippen molar-refractivity contribution in [2.24, 2.45) is 0 Å². The van der Waals surface area contributed by atoms with E-state index in [1.807, 2.05) is 24.3 Å². The lowest BCUT2D eigenvalue weighted by molar-refractivity contribution is -0.121. The van der Waals surface area contributed by atoms with Crippen molar-refractivity contribution in [2.45, 2.75) is 63.8 Å². The average molecular weight is 357 g/mol. The van der Waals surface area contributed by atoms with E-state index in [9.17, 15) is 4.79 Å². The zero-order valence-electron chi connectivity index (χ0n) is 15.4. The fourth-order valence-electron chi connectivity index (χ4n) is 3.37. The molecule has 140 valence electrons. The first kappa shape index (κ1) is 18.4. The van der Waals surface area contributed by atoms with Gasteiger partial charge in [0.25, 0.3) is 0 Å². The van der Waals surface area contributed by atoms with Gasteiger partial charge in [-0.2, -0.15) is 4.98 Å². The molecule has 0 saturated heterocycles. The van der Waals surface area contributed by atoms with E-state index in [0.29, 0.717) is 24.8 Å². The highest BCUT2D eigenvalue weighted by Gasteiger charge is 2.20. The number of aromatic nitrogens is 2. The molecule has 1 aromatic carbocycles. The summed E-state index contributed by atoms with van der Waals surface area (Å²) >= 11 is 0. The van der Waals surface area contributed by atoms with Gasteiger partial charge in [-0.15, -0.1) is 0 Å². The Kier molecular flexibility index (Phi) is 6.63. The SMILES string of the molecule is COc1ccc(CCCC(=O)NCc2nc(C3CCCCC3)no2)cc1. The maximum Gasteiger partial charge on any atom is 0.246 e. The van der Waals surface area contributed by atoms with Crippen molar-refractivity contribution >= 4 is 5.91 Å². The molecule has 1 heterocycles. The molecular weight excluding hydrogens is 330 g/mol. The molecule has 0 aliphatic heterocycles. The molecule has 1 N–H and O–H groups in total. The summed E-state index contributed by atoms with van der Waals surface area (Å²) in [5.74, 6) is 2.57. The van der Waals surface area contributed by atoms with E-state index >= 15 is 0 Å². The lowest BCUT2D eigenvalue weighted by Gasteiger charge is -2.17. The smallest absolute Gasteiger partial charge is 0.246 e. The lowest BCUT2D eigenvalue weighted by atomic mass is 9.89. The number of nitrogens with one attached hydrogen (secondary N) is 1. The number of aryl methyl sites for hydroxylation is 1. The van der Waals surface area contributed by atoms with Gasteiger partial charge in [0.15, 0.2) is 5.82 Å². The molecule has 0 bridgehead atoms. The van der Waals surface area contributed by atoms with Crippen LogP contribution in [0.2, 0.25) is 0 Å². The van der Waals surface area contributed by atoms with Gasteiger partial charge in [-0.05, 0) is 43.4 Å². The predicted octanol–water partition coefficient (Wildman–Crippen LogP) is 3.77. The van der Waals surface area contributed by atoms with Crippen LogP contribution < -0.4 is 10.1 Å². The Hall–Kier alpha value is -2.37. The van der Waals surface area contributed by atoms with Gasteiger partial charge in [0.1, 0.15) is 5.75 Å². The standard InChI is InChI=1S/C20H27N3O3/c1-25-17-12-10-15(11-13-17)6-5-9-18(24)21-14-19-22-20(23-26-19)16-7-3-2-4-8-16/h10-13,16H,2-9,14H2,1H3,(H,21,24). The first-order valence-electron chi connectivity index (χ1n) is 9.46. The second kappa shape index (κ2) is 9.36. The van der Waals surface area contributed by atoms with Crippen LogP contribution in [0.4, 0.5) is 0 Å². The highest BCUT2D eigenvalue weighted by Crippen LogP contribution is 2.30. The van der Waals surface area contributed by atoms with Crippen molar-refractivity contribution in [1.29, 1.82) is 0 Å². The minimum atomic E-state index is 0.0101. The van der Waals surface area contributed by atoms with E-state index in [2.05, 4.69) is 15.5 Å². The topological polar surface area (TPSA) is 77.2 Å². The molecule has 1 aliphatic carbocycles. The monoisotopic (exact) mass is 357 g/mol. The van der Waals surface area contributed by atoms with Gasteiger partial charge < -0.3 is 14.6 Å². The molecule has 1 fully saturated rings. The van der Waals surface area contributed by atoms with Crippen LogP contribution in [-0.4, -0.2) is 23.2 Å². The Bertz CT molecular complexity index is 691. The summed E-state index contributed by atoms with van der Waals surface area (Å²) in [5, 5.41) is 6.95. The third-order valence-corrected chi connectivity index (χ3v) is 4.92. The molecule has 6 heteroatoms. The highest BCUT2D eigenvalue weighted by atomic mass is 16.5. The highest BCUT2D eigenvalue weighted by molar-refractivity contribution is 5.75. The summed E-state index contributed by atoms with van der Waals surface area (Å²) in [6, 6.07) is 7.94. The molecule has 2 aromatic rings. The minimum Gasteiger partial charge on any atom is -0.497 e. The van der Waals surface area contributed by atoms with Crippen LogP contribution >= 0.6 is 0 Å². The largest absolute Gasteiger partial charge is 0.497 e. The van der Waals surface area contributed by atoms with Gasteiger partial charge in [-0.1, -0.05) is 36.6 Å². The third-order valence-electron chi connectivity index (χ3n) is 4.92. The number of rotatable bonds is 8. The van der Waals surface area contributed by atoms with Gasteiger partial charge >= 0.3 is 0 Å². The van der Waals surface area contributed by atoms with Crippen molar-refractivity contribution in [2.75, 3.05) is 7.11 Å². The van der Waals surface area contributed by atoms with Crippen molar-refractivity contribution in [3.63, 3.8) is 0 Å². The number of hydrogen-bond donors (Lipinski definition) is 1. The zero-order chi connectivity index (χ0) is 18.2. The van der Waals surface area contributed by atoms with Crippen molar-refractivity contribution in [3.05, 3.63) is 41.5 Å². The van der Waals surface area contributed by atoms with Crippen molar-refractivity contribution in [3.8, 4) is 5.75 Å². The summed E-state index contributed by atoms with van der Waals surface area (Å²) in [6.45, 7) is 0.307. The van der Waals surface area contributed by atoms with Crippen LogP contribution in [0.5, 0.6) is 5.75 Å². The zero-order valence-corrected chi connectivity index (χ0v) is 15.4. The molecule has 0 unspecified atom stereocenters. The van der Waals surface area contributed by atoms with E-state index < -0.39 is 0 Å². The molecule has 26 heavy (non-hydrogen) atoms. The molecule has 1 saturated carbocycles. The fraction of sp³-hybridized carbons (Fsp3) is 0.550. The Labute approximate surface area is 154 Å². The number of amides is 1. The van der Waals surface area contributed by atoms with Crippen molar-refractivity contribution in [1.82, 2.24) is 15.5 Å². The predicted molar refractivity (Wildman–Crippen MR) is 97.9 cm³/mol. The van der Waals surface area contributed by atoms with Crippen LogP contribution in [-0.2, 0) is 17.8 Å². The minimum absolute atomic E-state index is 0.0101. The molecule has 0 radical (unpaired) electrons. The van der Waals surface area contributed by atoms with E-state index in [1.54, 1.807) is 7.11 Å². The normalized spacial score (nSPS) is 15.0. The first-order valence-corrected chi connectivity index (χ1v) is 9.46. The number of carbonyl (C=O) groups is 1. The average Bonchev–Trinajstić information content (AvgIpc) is 3.17. The number of ether oxygens (including phenoxy) is 1. The van der Waals surface area contributed by atoms with Gasteiger partial charge in [0.05, 0.1) is 13.7 Å². The van der Waals surface area contributed by atoms with E-state index in [1.165, 1.54) is 24.8 Å². The van der Waals surface area contributed by atoms with E-state index in [0.717, 1.165) is 37.3 Å². The second-order valence-electron chi connectivity index (χ2n) is 6.86. The Morgan fingerprint density at radius 3 is 2.73 bits per heavy atom. The molecular formula is C20H27N3O3. The van der Waals surface area contributed by atoms with Crippen molar-refractivity contribution < 1.29 is 14.1 Å². The van der Waals surface area contributed by atoms with Gasteiger partial charge in [0, 0.05) is 12.3 Å². The summed E-state index contributed by atoms with van der Waals surface area (Å²) < 4.78 is 10.4. The third kappa shape index (κ3) is 5.31. The maximum absolute atomic E-state index is 12.0. The summed E-state index contributed by atoms with van der Waals surface area (Å²) in [6.07, 6.45) is 8.19.